The molecular weight excluding hydrogens is 367 g/mol. The Kier molecular flexibility index (Phi) is 5.05. The Morgan fingerprint density at radius 3 is 2.33 bits per heavy atom. The van der Waals surface area contributed by atoms with Crippen molar-refractivity contribution in [3.8, 4) is 0 Å². The SMILES string of the molecule is CCN(Cc1ccc(Br)s1)C(=O)c1cc(F)c(F)c(F)c1. The molecule has 2 nitrogen and oxygen atoms in total. The van der Waals surface area contributed by atoms with E-state index in [9.17, 15) is 18.0 Å². The van der Waals surface area contributed by atoms with Crippen LogP contribution in [-0.2, 0) is 6.54 Å². The topological polar surface area (TPSA) is 20.3 Å². The van der Waals surface area contributed by atoms with Gasteiger partial charge in [-0.15, -0.1) is 11.3 Å². The largest absolute Gasteiger partial charge is 0.334 e. The number of nitrogens with zero attached hydrogens (tertiary/aromatic N) is 1. The number of rotatable bonds is 4. The Morgan fingerprint density at radius 2 is 1.86 bits per heavy atom. The fraction of sp³-hybridized carbons (Fsp3) is 0.214. The lowest BCUT2D eigenvalue weighted by molar-refractivity contribution is 0.0753. The molecule has 0 atom stereocenters. The van der Waals surface area contributed by atoms with Crippen molar-refractivity contribution in [3.05, 3.63) is 55.9 Å². The number of carbonyl (C=O) groups excluding carboxylic acids is 1. The Hall–Kier alpha value is -1.34. The standard InChI is InChI=1S/C14H11BrF3NOS/c1-2-19(7-9-3-4-12(15)21-9)14(20)8-5-10(16)13(18)11(17)6-8/h3-6H,2,7H2,1H3. The Bertz CT molecular complexity index is 651. The van der Waals surface area contributed by atoms with Crippen LogP contribution in [-0.4, -0.2) is 17.4 Å². The van der Waals surface area contributed by atoms with Crippen LogP contribution in [0.4, 0.5) is 13.2 Å². The molecule has 0 fully saturated rings. The van der Waals surface area contributed by atoms with Crippen molar-refractivity contribution in [2.24, 2.45) is 0 Å². The normalized spacial score (nSPS) is 10.7. The van der Waals surface area contributed by atoms with Gasteiger partial charge in [-0.2, -0.15) is 0 Å². The van der Waals surface area contributed by atoms with Crippen LogP contribution in [0.15, 0.2) is 28.1 Å². The average Bonchev–Trinajstić information content (AvgIpc) is 2.86. The smallest absolute Gasteiger partial charge is 0.254 e. The van der Waals surface area contributed by atoms with Crippen LogP contribution < -0.4 is 0 Å². The molecule has 1 amide bonds. The summed E-state index contributed by atoms with van der Waals surface area (Å²) in [6, 6.07) is 5.15. The lowest BCUT2D eigenvalue weighted by Gasteiger charge is -2.20. The molecule has 0 aliphatic heterocycles. The first kappa shape index (κ1) is 16.0. The van der Waals surface area contributed by atoms with Crippen LogP contribution in [0.5, 0.6) is 0 Å². The second-order valence-electron chi connectivity index (χ2n) is 4.28. The third-order valence-corrected chi connectivity index (χ3v) is 4.48. The van der Waals surface area contributed by atoms with Gasteiger partial charge in [-0.25, -0.2) is 13.2 Å². The minimum absolute atomic E-state index is 0.205. The highest BCUT2D eigenvalue weighted by Crippen LogP contribution is 2.24. The summed E-state index contributed by atoms with van der Waals surface area (Å²) >= 11 is 4.79. The predicted octanol–water partition coefficient (Wildman–Crippen LogP) is 4.59. The number of carbonyl (C=O) groups is 1. The number of amides is 1. The molecule has 21 heavy (non-hydrogen) atoms. The molecule has 0 bridgehead atoms. The molecule has 2 rings (SSSR count). The first-order valence-corrected chi connectivity index (χ1v) is 7.71. The van der Waals surface area contributed by atoms with Gasteiger partial charge in [0.05, 0.1) is 10.3 Å². The van der Waals surface area contributed by atoms with Gasteiger partial charge < -0.3 is 4.90 Å². The minimum Gasteiger partial charge on any atom is -0.334 e. The van der Waals surface area contributed by atoms with Crippen LogP contribution in [0.3, 0.4) is 0 Å². The van der Waals surface area contributed by atoms with Gasteiger partial charge in [0.2, 0.25) is 0 Å². The van der Waals surface area contributed by atoms with E-state index in [2.05, 4.69) is 15.9 Å². The average molecular weight is 378 g/mol. The maximum Gasteiger partial charge on any atom is 0.254 e. The second-order valence-corrected chi connectivity index (χ2v) is 6.83. The van der Waals surface area contributed by atoms with Crippen molar-refractivity contribution >= 4 is 33.2 Å². The lowest BCUT2D eigenvalue weighted by Crippen LogP contribution is -2.30. The zero-order valence-corrected chi connectivity index (χ0v) is 13.4. The van der Waals surface area contributed by atoms with E-state index in [1.54, 1.807) is 6.92 Å². The van der Waals surface area contributed by atoms with Crippen LogP contribution in [0, 0.1) is 17.5 Å². The molecular formula is C14H11BrF3NOS. The fourth-order valence-electron chi connectivity index (χ4n) is 1.81. The lowest BCUT2D eigenvalue weighted by atomic mass is 10.1. The van der Waals surface area contributed by atoms with E-state index in [-0.39, 0.29) is 5.56 Å². The van der Waals surface area contributed by atoms with E-state index >= 15 is 0 Å². The van der Waals surface area contributed by atoms with Crippen molar-refractivity contribution < 1.29 is 18.0 Å². The van der Waals surface area contributed by atoms with E-state index < -0.39 is 23.4 Å². The Morgan fingerprint density at radius 1 is 1.24 bits per heavy atom. The van der Waals surface area contributed by atoms with Gasteiger partial charge >= 0.3 is 0 Å². The van der Waals surface area contributed by atoms with Crippen molar-refractivity contribution in [2.75, 3.05) is 6.54 Å². The highest BCUT2D eigenvalue weighted by molar-refractivity contribution is 9.11. The first-order chi connectivity index (χ1) is 9.92. The molecule has 0 spiro atoms. The molecule has 0 unspecified atom stereocenters. The van der Waals surface area contributed by atoms with Crippen molar-refractivity contribution in [2.45, 2.75) is 13.5 Å². The summed E-state index contributed by atoms with van der Waals surface area (Å²) in [5, 5.41) is 0. The number of hydrogen-bond acceptors (Lipinski definition) is 2. The van der Waals surface area contributed by atoms with Gasteiger partial charge in [0.25, 0.3) is 5.91 Å². The van der Waals surface area contributed by atoms with Gasteiger partial charge in [-0.3, -0.25) is 4.79 Å². The number of hydrogen-bond donors (Lipinski definition) is 0. The van der Waals surface area contributed by atoms with Crippen LogP contribution in [0.25, 0.3) is 0 Å². The summed E-state index contributed by atoms with van der Waals surface area (Å²) in [6.45, 7) is 2.46. The van der Waals surface area contributed by atoms with E-state index in [1.807, 2.05) is 12.1 Å². The maximum atomic E-state index is 13.2. The number of halogens is 4. The highest BCUT2D eigenvalue weighted by Gasteiger charge is 2.19. The molecule has 1 heterocycles. The molecule has 0 N–H and O–H groups in total. The van der Waals surface area contributed by atoms with Gasteiger partial charge in [-0.1, -0.05) is 0 Å². The number of thiophene rings is 1. The predicted molar refractivity (Wildman–Crippen MR) is 78.7 cm³/mol. The molecule has 1 aromatic heterocycles. The van der Waals surface area contributed by atoms with Gasteiger partial charge in [0.15, 0.2) is 17.5 Å². The van der Waals surface area contributed by atoms with Gasteiger partial charge in [0, 0.05) is 17.0 Å². The summed E-state index contributed by atoms with van der Waals surface area (Å²) in [5.41, 5.74) is -0.205. The zero-order chi connectivity index (χ0) is 15.6. The summed E-state index contributed by atoms with van der Waals surface area (Å²) in [7, 11) is 0. The molecule has 1 aromatic carbocycles. The second kappa shape index (κ2) is 6.62. The minimum atomic E-state index is -1.57. The quantitative estimate of drug-likeness (QED) is 0.713. The van der Waals surface area contributed by atoms with E-state index in [0.717, 1.165) is 8.66 Å². The van der Waals surface area contributed by atoms with Gasteiger partial charge in [-0.05, 0) is 47.1 Å². The van der Waals surface area contributed by atoms with E-state index in [1.165, 1.54) is 16.2 Å². The molecule has 7 heteroatoms. The summed E-state index contributed by atoms with van der Waals surface area (Å²) in [5.74, 6) is -4.85. The maximum absolute atomic E-state index is 13.2. The summed E-state index contributed by atoms with van der Waals surface area (Å²) in [4.78, 5) is 14.6. The molecule has 0 radical (unpaired) electrons. The van der Waals surface area contributed by atoms with Crippen LogP contribution in [0.2, 0.25) is 0 Å². The monoisotopic (exact) mass is 377 g/mol. The number of benzene rings is 1. The first-order valence-electron chi connectivity index (χ1n) is 6.10. The third-order valence-electron chi connectivity index (χ3n) is 2.88. The zero-order valence-electron chi connectivity index (χ0n) is 11.0. The van der Waals surface area contributed by atoms with Crippen molar-refractivity contribution in [1.82, 2.24) is 4.90 Å². The van der Waals surface area contributed by atoms with E-state index in [4.69, 9.17) is 0 Å². The summed E-state index contributed by atoms with van der Waals surface area (Å²) in [6.07, 6.45) is 0. The van der Waals surface area contributed by atoms with E-state index in [0.29, 0.717) is 25.2 Å². The Labute approximate surface area is 132 Å². The molecule has 2 aromatic rings. The molecule has 0 aliphatic carbocycles. The Balaban J connectivity index is 2.24. The van der Waals surface area contributed by atoms with Crippen molar-refractivity contribution in [3.63, 3.8) is 0 Å². The fourth-order valence-corrected chi connectivity index (χ4v) is 3.31. The van der Waals surface area contributed by atoms with Gasteiger partial charge in [0.1, 0.15) is 0 Å². The third kappa shape index (κ3) is 3.65. The van der Waals surface area contributed by atoms with Crippen LogP contribution in [0.1, 0.15) is 22.2 Å². The highest BCUT2D eigenvalue weighted by atomic mass is 79.9. The molecule has 0 aliphatic rings. The molecule has 0 saturated carbocycles. The van der Waals surface area contributed by atoms with Crippen molar-refractivity contribution in [1.29, 1.82) is 0 Å². The molecule has 112 valence electrons. The van der Waals surface area contributed by atoms with Crippen LogP contribution >= 0.6 is 27.3 Å². The summed E-state index contributed by atoms with van der Waals surface area (Å²) < 4.78 is 40.3. The molecule has 0 saturated heterocycles.